The molecule has 0 aliphatic carbocycles. The summed E-state index contributed by atoms with van der Waals surface area (Å²) in [5.74, 6) is -1.01. The van der Waals surface area contributed by atoms with Crippen molar-refractivity contribution >= 4 is 76.5 Å². The lowest BCUT2D eigenvalue weighted by Crippen LogP contribution is -2.04. The summed E-state index contributed by atoms with van der Waals surface area (Å²) in [5.41, 5.74) is 0.360. The molecule has 2 rings (SSSR count). The molecule has 18 heavy (non-hydrogen) atoms. The van der Waals surface area contributed by atoms with Crippen molar-refractivity contribution in [1.82, 2.24) is 0 Å². The Hall–Kier alpha value is 0.250. The topological polar surface area (TPSA) is 17.1 Å². The van der Waals surface area contributed by atoms with E-state index in [1.807, 2.05) is 0 Å². The number of hydrogen-bond donors (Lipinski definition) is 0. The first-order valence-electron chi connectivity index (χ1n) is 4.54. The van der Waals surface area contributed by atoms with Crippen molar-refractivity contribution in [3.63, 3.8) is 0 Å². The maximum absolute atomic E-state index is 13.8. The first-order chi connectivity index (χ1) is 8.40. The van der Waals surface area contributed by atoms with Crippen molar-refractivity contribution in [2.24, 2.45) is 0 Å². The molecule has 0 radical (unpaired) electrons. The number of halogens is 5. The average Bonchev–Trinajstić information content (AvgIpc) is 2.62. The zero-order valence-electron chi connectivity index (χ0n) is 8.44. The van der Waals surface area contributed by atoms with Crippen LogP contribution >= 0.6 is 70.7 Å². The SMILES string of the molecule is O=C(c1cc(Cl)c(Br)cc1F)c1cc(Br)sc1Br. The molecule has 0 unspecified atom stereocenters. The van der Waals surface area contributed by atoms with E-state index in [1.165, 1.54) is 23.5 Å². The van der Waals surface area contributed by atoms with Crippen LogP contribution < -0.4 is 0 Å². The minimum absolute atomic E-state index is 0.0470. The summed E-state index contributed by atoms with van der Waals surface area (Å²) in [5, 5.41) is 0.296. The maximum Gasteiger partial charge on any atom is 0.198 e. The predicted octanol–water partition coefficient (Wildman–Crippen LogP) is 6.06. The molecular weight excluding hydrogens is 474 g/mol. The van der Waals surface area contributed by atoms with Crippen LogP contribution in [0.2, 0.25) is 5.02 Å². The Morgan fingerprint density at radius 1 is 1.17 bits per heavy atom. The number of carbonyl (C=O) groups excluding carboxylic acids is 1. The standard InChI is InChI=1S/C11H3Br3ClFOS/c12-6-3-8(16)4(1-7(6)15)10(17)5-2-9(13)18-11(5)14/h1-3H. The summed E-state index contributed by atoms with van der Waals surface area (Å²) in [6.45, 7) is 0. The lowest BCUT2D eigenvalue weighted by Gasteiger charge is -2.04. The van der Waals surface area contributed by atoms with Crippen LogP contribution in [0.4, 0.5) is 4.39 Å². The van der Waals surface area contributed by atoms with E-state index < -0.39 is 11.6 Å². The van der Waals surface area contributed by atoms with Crippen molar-refractivity contribution in [3.05, 3.63) is 52.2 Å². The van der Waals surface area contributed by atoms with E-state index in [2.05, 4.69) is 47.8 Å². The molecule has 7 heteroatoms. The van der Waals surface area contributed by atoms with Gasteiger partial charge in [-0.15, -0.1) is 11.3 Å². The number of benzene rings is 1. The average molecular weight is 477 g/mol. The zero-order chi connectivity index (χ0) is 13.4. The van der Waals surface area contributed by atoms with E-state index in [0.717, 1.165) is 3.79 Å². The summed E-state index contributed by atoms with van der Waals surface area (Å²) in [7, 11) is 0. The van der Waals surface area contributed by atoms with E-state index in [1.54, 1.807) is 6.07 Å². The Kier molecular flexibility index (Phi) is 4.65. The Morgan fingerprint density at radius 3 is 2.39 bits per heavy atom. The van der Waals surface area contributed by atoms with Gasteiger partial charge in [0.25, 0.3) is 0 Å². The van der Waals surface area contributed by atoms with Crippen molar-refractivity contribution in [2.75, 3.05) is 0 Å². The van der Waals surface area contributed by atoms with Gasteiger partial charge in [-0.3, -0.25) is 4.79 Å². The molecule has 0 aliphatic heterocycles. The van der Waals surface area contributed by atoms with Crippen molar-refractivity contribution in [2.45, 2.75) is 0 Å². The van der Waals surface area contributed by atoms with E-state index >= 15 is 0 Å². The molecular formula is C11H3Br3ClFOS. The monoisotopic (exact) mass is 474 g/mol. The minimum Gasteiger partial charge on any atom is -0.288 e. The van der Waals surface area contributed by atoms with Gasteiger partial charge in [-0.1, -0.05) is 11.6 Å². The van der Waals surface area contributed by atoms with E-state index in [0.29, 0.717) is 18.8 Å². The molecule has 1 aromatic heterocycles. The first kappa shape index (κ1) is 14.7. The van der Waals surface area contributed by atoms with Gasteiger partial charge >= 0.3 is 0 Å². The van der Waals surface area contributed by atoms with Gasteiger partial charge in [-0.2, -0.15) is 0 Å². The van der Waals surface area contributed by atoms with Gasteiger partial charge in [0.2, 0.25) is 0 Å². The summed E-state index contributed by atoms with van der Waals surface area (Å²) in [6, 6.07) is 4.15. The molecule has 0 N–H and O–H groups in total. The Balaban J connectivity index is 2.53. The normalized spacial score (nSPS) is 10.7. The van der Waals surface area contributed by atoms with Crippen LogP contribution in [-0.4, -0.2) is 5.78 Å². The molecule has 0 saturated carbocycles. The predicted molar refractivity (Wildman–Crippen MR) is 82.3 cm³/mol. The van der Waals surface area contributed by atoms with Crippen LogP contribution in [-0.2, 0) is 0 Å². The smallest absolute Gasteiger partial charge is 0.198 e. The van der Waals surface area contributed by atoms with Crippen LogP contribution in [0.25, 0.3) is 0 Å². The van der Waals surface area contributed by atoms with Gasteiger partial charge in [-0.25, -0.2) is 4.39 Å². The highest BCUT2D eigenvalue weighted by Gasteiger charge is 2.20. The van der Waals surface area contributed by atoms with Gasteiger partial charge in [-0.05, 0) is 66.0 Å². The fourth-order valence-electron chi connectivity index (χ4n) is 1.34. The highest BCUT2D eigenvalue weighted by Crippen LogP contribution is 2.34. The second kappa shape index (κ2) is 5.71. The van der Waals surface area contributed by atoms with Crippen LogP contribution in [0, 0.1) is 5.82 Å². The minimum atomic E-state index is -0.606. The summed E-state index contributed by atoms with van der Waals surface area (Å²) >= 11 is 16.9. The summed E-state index contributed by atoms with van der Waals surface area (Å²) in [4.78, 5) is 12.2. The van der Waals surface area contributed by atoms with E-state index in [4.69, 9.17) is 11.6 Å². The molecule has 1 aromatic carbocycles. The molecule has 0 amide bonds. The van der Waals surface area contributed by atoms with Crippen molar-refractivity contribution in [3.8, 4) is 0 Å². The number of carbonyl (C=O) groups is 1. The molecule has 0 fully saturated rings. The van der Waals surface area contributed by atoms with Crippen LogP contribution in [0.15, 0.2) is 30.2 Å². The third kappa shape index (κ3) is 2.88. The van der Waals surface area contributed by atoms with Crippen LogP contribution in [0.5, 0.6) is 0 Å². The van der Waals surface area contributed by atoms with Crippen LogP contribution in [0.1, 0.15) is 15.9 Å². The van der Waals surface area contributed by atoms with Crippen molar-refractivity contribution < 1.29 is 9.18 Å². The Labute approximate surface area is 137 Å². The summed E-state index contributed by atoms with van der Waals surface area (Å²) in [6.07, 6.45) is 0. The number of rotatable bonds is 2. The molecule has 0 bridgehead atoms. The third-order valence-electron chi connectivity index (χ3n) is 2.16. The quantitative estimate of drug-likeness (QED) is 0.380. The third-order valence-corrected chi connectivity index (χ3v) is 5.69. The Morgan fingerprint density at radius 2 is 1.83 bits per heavy atom. The van der Waals surface area contributed by atoms with Gasteiger partial charge in [0.15, 0.2) is 5.78 Å². The first-order valence-corrected chi connectivity index (χ1v) is 8.11. The molecule has 94 valence electrons. The fourth-order valence-corrected chi connectivity index (χ4v) is 4.61. The van der Waals surface area contributed by atoms with Crippen molar-refractivity contribution in [1.29, 1.82) is 0 Å². The molecule has 0 spiro atoms. The van der Waals surface area contributed by atoms with Gasteiger partial charge in [0, 0.05) is 10.0 Å². The maximum atomic E-state index is 13.8. The Bertz CT molecular complexity index is 641. The lowest BCUT2D eigenvalue weighted by molar-refractivity contribution is 0.103. The zero-order valence-corrected chi connectivity index (χ0v) is 14.8. The summed E-state index contributed by atoms with van der Waals surface area (Å²) < 4.78 is 15.6. The van der Waals surface area contributed by atoms with E-state index in [-0.39, 0.29) is 5.56 Å². The molecule has 1 nitrogen and oxygen atoms in total. The highest BCUT2D eigenvalue weighted by molar-refractivity contribution is 9.12. The molecule has 0 aliphatic rings. The number of thiophene rings is 1. The highest BCUT2D eigenvalue weighted by atomic mass is 79.9. The lowest BCUT2D eigenvalue weighted by atomic mass is 10.1. The van der Waals surface area contributed by atoms with Gasteiger partial charge < -0.3 is 0 Å². The molecule has 0 saturated heterocycles. The second-order valence-electron chi connectivity index (χ2n) is 3.31. The number of ketones is 1. The van der Waals surface area contributed by atoms with Crippen LogP contribution in [0.3, 0.4) is 0 Å². The molecule has 0 atom stereocenters. The number of hydrogen-bond acceptors (Lipinski definition) is 2. The molecule has 1 heterocycles. The van der Waals surface area contributed by atoms with Gasteiger partial charge in [0.05, 0.1) is 18.2 Å². The van der Waals surface area contributed by atoms with Gasteiger partial charge in [0.1, 0.15) is 5.82 Å². The molecule has 2 aromatic rings. The van der Waals surface area contributed by atoms with E-state index in [9.17, 15) is 9.18 Å². The largest absolute Gasteiger partial charge is 0.288 e. The fraction of sp³-hybridized carbons (Fsp3) is 0. The second-order valence-corrected chi connectivity index (χ2v) is 8.32.